The fraction of sp³-hybridized carbons (Fsp3) is 0.600. The Kier molecular flexibility index (Phi) is 4.98. The summed E-state index contributed by atoms with van der Waals surface area (Å²) in [5.41, 5.74) is 1.08. The van der Waals surface area contributed by atoms with Crippen molar-refractivity contribution in [2.24, 2.45) is 5.92 Å². The summed E-state index contributed by atoms with van der Waals surface area (Å²) in [6.45, 7) is 6.39. The van der Waals surface area contributed by atoms with E-state index in [0.717, 1.165) is 18.7 Å². The summed E-state index contributed by atoms with van der Waals surface area (Å²) < 4.78 is 14.3. The monoisotopic (exact) mass is 328 g/mol. The Hall–Kier alpha value is -0.450. The number of likely N-dealkylation sites (tertiary alicyclic amines) is 1. The Balaban J connectivity index is 2.16. The molecule has 2 nitrogen and oxygen atoms in total. The van der Waals surface area contributed by atoms with Gasteiger partial charge in [-0.1, -0.05) is 19.9 Å². The molecule has 1 aromatic rings. The van der Waals surface area contributed by atoms with E-state index in [2.05, 4.69) is 47.0 Å². The van der Waals surface area contributed by atoms with Gasteiger partial charge in [0.2, 0.25) is 0 Å². The summed E-state index contributed by atoms with van der Waals surface area (Å²) >= 11 is 3.22. The maximum atomic E-state index is 13.7. The summed E-state index contributed by atoms with van der Waals surface area (Å²) in [6, 6.07) is 6.31. The lowest BCUT2D eigenvalue weighted by Crippen LogP contribution is -2.32. The molecule has 0 amide bonds. The zero-order valence-corrected chi connectivity index (χ0v) is 13.4. The minimum Gasteiger partial charge on any atom is -0.314 e. The first kappa shape index (κ1) is 14.9. The second-order valence-corrected chi connectivity index (χ2v) is 6.57. The van der Waals surface area contributed by atoms with Crippen molar-refractivity contribution in [1.82, 2.24) is 10.2 Å². The van der Waals surface area contributed by atoms with Crippen molar-refractivity contribution < 1.29 is 4.39 Å². The minimum absolute atomic E-state index is 0.173. The molecule has 2 unspecified atom stereocenters. The predicted octanol–water partition coefficient (Wildman–Crippen LogP) is 3.58. The van der Waals surface area contributed by atoms with Gasteiger partial charge in [-0.15, -0.1) is 0 Å². The SMILES string of the molecule is CC(C)NCC1CCN(C)C1c1ccc(Br)c(F)c1. The van der Waals surface area contributed by atoms with E-state index in [1.807, 2.05) is 12.1 Å². The summed E-state index contributed by atoms with van der Waals surface area (Å²) in [5, 5.41) is 3.50. The van der Waals surface area contributed by atoms with Crippen LogP contribution >= 0.6 is 15.9 Å². The second-order valence-electron chi connectivity index (χ2n) is 5.71. The maximum absolute atomic E-state index is 13.7. The van der Waals surface area contributed by atoms with Gasteiger partial charge in [-0.3, -0.25) is 4.90 Å². The van der Waals surface area contributed by atoms with E-state index >= 15 is 0 Å². The molecule has 1 aliphatic rings. The van der Waals surface area contributed by atoms with Gasteiger partial charge < -0.3 is 5.32 Å². The van der Waals surface area contributed by atoms with Gasteiger partial charge in [0.05, 0.1) is 4.47 Å². The highest BCUT2D eigenvalue weighted by atomic mass is 79.9. The molecule has 0 radical (unpaired) electrons. The molecule has 19 heavy (non-hydrogen) atoms. The lowest BCUT2D eigenvalue weighted by molar-refractivity contribution is 0.269. The van der Waals surface area contributed by atoms with E-state index in [1.54, 1.807) is 6.07 Å². The highest BCUT2D eigenvalue weighted by Crippen LogP contribution is 2.36. The fourth-order valence-corrected chi connectivity index (χ4v) is 3.10. The summed E-state index contributed by atoms with van der Waals surface area (Å²) in [6.07, 6.45) is 1.17. The summed E-state index contributed by atoms with van der Waals surface area (Å²) in [5.74, 6) is 0.376. The molecule has 2 atom stereocenters. The van der Waals surface area contributed by atoms with E-state index in [4.69, 9.17) is 0 Å². The van der Waals surface area contributed by atoms with E-state index in [0.29, 0.717) is 22.5 Å². The number of hydrogen-bond donors (Lipinski definition) is 1. The Morgan fingerprint density at radius 3 is 2.84 bits per heavy atom. The van der Waals surface area contributed by atoms with Crippen LogP contribution < -0.4 is 5.32 Å². The van der Waals surface area contributed by atoms with Crippen LogP contribution in [-0.4, -0.2) is 31.1 Å². The third-order valence-electron chi connectivity index (χ3n) is 3.85. The van der Waals surface area contributed by atoms with Crippen molar-refractivity contribution in [3.05, 3.63) is 34.1 Å². The van der Waals surface area contributed by atoms with Crippen molar-refractivity contribution in [1.29, 1.82) is 0 Å². The quantitative estimate of drug-likeness (QED) is 0.908. The molecule has 1 N–H and O–H groups in total. The van der Waals surface area contributed by atoms with Crippen molar-refractivity contribution >= 4 is 15.9 Å². The van der Waals surface area contributed by atoms with Crippen molar-refractivity contribution in [3.8, 4) is 0 Å². The van der Waals surface area contributed by atoms with Crippen LogP contribution in [-0.2, 0) is 0 Å². The topological polar surface area (TPSA) is 15.3 Å². The van der Waals surface area contributed by atoms with Crippen LogP contribution in [0.15, 0.2) is 22.7 Å². The molecular weight excluding hydrogens is 307 g/mol. The first-order valence-corrected chi connectivity index (χ1v) is 7.67. The molecule has 0 spiro atoms. The van der Waals surface area contributed by atoms with Gasteiger partial charge in [0, 0.05) is 18.6 Å². The number of nitrogens with zero attached hydrogens (tertiary/aromatic N) is 1. The molecule has 106 valence electrons. The van der Waals surface area contributed by atoms with E-state index in [-0.39, 0.29) is 5.82 Å². The van der Waals surface area contributed by atoms with Gasteiger partial charge in [-0.25, -0.2) is 4.39 Å². The average molecular weight is 329 g/mol. The summed E-state index contributed by atoms with van der Waals surface area (Å²) in [4.78, 5) is 2.33. The number of hydrogen-bond acceptors (Lipinski definition) is 2. The van der Waals surface area contributed by atoms with Gasteiger partial charge in [0.15, 0.2) is 0 Å². The predicted molar refractivity (Wildman–Crippen MR) is 80.7 cm³/mol. The van der Waals surface area contributed by atoms with E-state index in [1.165, 1.54) is 6.42 Å². The van der Waals surface area contributed by atoms with Gasteiger partial charge >= 0.3 is 0 Å². The molecule has 1 heterocycles. The highest BCUT2D eigenvalue weighted by Gasteiger charge is 2.33. The number of benzene rings is 1. The molecule has 1 fully saturated rings. The van der Waals surface area contributed by atoms with Gasteiger partial charge in [0.25, 0.3) is 0 Å². The third-order valence-corrected chi connectivity index (χ3v) is 4.49. The average Bonchev–Trinajstić information content (AvgIpc) is 2.71. The first-order valence-electron chi connectivity index (χ1n) is 6.87. The van der Waals surface area contributed by atoms with E-state index < -0.39 is 0 Å². The Morgan fingerprint density at radius 2 is 2.21 bits per heavy atom. The Bertz CT molecular complexity index is 436. The zero-order chi connectivity index (χ0) is 14.0. The van der Waals surface area contributed by atoms with Crippen LogP contribution in [0.5, 0.6) is 0 Å². The third kappa shape index (κ3) is 3.56. The standard InChI is InChI=1S/C15H22BrFN2/c1-10(2)18-9-12-6-7-19(3)15(12)11-4-5-13(16)14(17)8-11/h4-5,8,10,12,15,18H,6-7,9H2,1-3H3. The largest absolute Gasteiger partial charge is 0.314 e. The molecule has 0 aliphatic carbocycles. The second kappa shape index (κ2) is 6.33. The van der Waals surface area contributed by atoms with Gasteiger partial charge in [-0.2, -0.15) is 0 Å². The number of nitrogens with one attached hydrogen (secondary N) is 1. The van der Waals surface area contributed by atoms with Crippen LogP contribution in [0.1, 0.15) is 31.9 Å². The van der Waals surface area contributed by atoms with Crippen LogP contribution in [0.25, 0.3) is 0 Å². The molecule has 0 aromatic heterocycles. The summed E-state index contributed by atoms with van der Waals surface area (Å²) in [7, 11) is 2.12. The maximum Gasteiger partial charge on any atom is 0.137 e. The smallest absolute Gasteiger partial charge is 0.137 e. The van der Waals surface area contributed by atoms with Crippen LogP contribution in [0, 0.1) is 11.7 Å². The fourth-order valence-electron chi connectivity index (χ4n) is 2.85. The molecule has 1 aliphatic heterocycles. The molecular formula is C15H22BrFN2. The molecule has 0 saturated carbocycles. The molecule has 1 aromatic carbocycles. The zero-order valence-electron chi connectivity index (χ0n) is 11.8. The van der Waals surface area contributed by atoms with Crippen molar-refractivity contribution in [2.75, 3.05) is 20.1 Å². The molecule has 1 saturated heterocycles. The van der Waals surface area contributed by atoms with Crippen LogP contribution in [0.2, 0.25) is 0 Å². The molecule has 0 bridgehead atoms. The lowest BCUT2D eigenvalue weighted by Gasteiger charge is -2.26. The van der Waals surface area contributed by atoms with Crippen molar-refractivity contribution in [2.45, 2.75) is 32.4 Å². The first-order chi connectivity index (χ1) is 8.99. The van der Waals surface area contributed by atoms with Gasteiger partial charge in [-0.05, 0) is 59.6 Å². The molecule has 2 rings (SSSR count). The minimum atomic E-state index is -0.173. The molecule has 4 heteroatoms. The van der Waals surface area contributed by atoms with Crippen LogP contribution in [0.4, 0.5) is 4.39 Å². The normalized spacial score (nSPS) is 24.3. The number of rotatable bonds is 4. The van der Waals surface area contributed by atoms with Crippen molar-refractivity contribution in [3.63, 3.8) is 0 Å². The Labute approximate surface area is 123 Å². The highest BCUT2D eigenvalue weighted by molar-refractivity contribution is 9.10. The Morgan fingerprint density at radius 1 is 1.47 bits per heavy atom. The number of halogens is 2. The lowest BCUT2D eigenvalue weighted by atomic mass is 9.93. The van der Waals surface area contributed by atoms with Crippen LogP contribution in [0.3, 0.4) is 0 Å². The van der Waals surface area contributed by atoms with Gasteiger partial charge in [0.1, 0.15) is 5.82 Å². The van der Waals surface area contributed by atoms with E-state index in [9.17, 15) is 4.39 Å².